The largest absolute Gasteiger partial charge is 0.351 e. The van der Waals surface area contributed by atoms with E-state index in [0.29, 0.717) is 12.2 Å². The van der Waals surface area contributed by atoms with Crippen molar-refractivity contribution in [2.24, 2.45) is 0 Å². The van der Waals surface area contributed by atoms with E-state index in [1.54, 1.807) is 0 Å². The van der Waals surface area contributed by atoms with Gasteiger partial charge in [-0.25, -0.2) is 4.79 Å². The highest BCUT2D eigenvalue weighted by atomic mass is 35.5. The SMILES string of the molecule is Cl.O=C(Nc1ccccc1)Nc1cccc(CNC(=O)C2CCCN2)c1. The van der Waals surface area contributed by atoms with Crippen LogP contribution in [0.25, 0.3) is 0 Å². The van der Waals surface area contributed by atoms with Crippen molar-refractivity contribution in [2.45, 2.75) is 25.4 Å². The van der Waals surface area contributed by atoms with E-state index in [-0.39, 0.29) is 30.4 Å². The van der Waals surface area contributed by atoms with Crippen LogP contribution in [-0.2, 0) is 11.3 Å². The van der Waals surface area contributed by atoms with Gasteiger partial charge in [-0.2, -0.15) is 0 Å². The van der Waals surface area contributed by atoms with Crippen LogP contribution in [0.5, 0.6) is 0 Å². The van der Waals surface area contributed by atoms with Crippen LogP contribution >= 0.6 is 12.4 Å². The van der Waals surface area contributed by atoms with Gasteiger partial charge in [0.1, 0.15) is 0 Å². The van der Waals surface area contributed by atoms with Crippen molar-refractivity contribution in [3.8, 4) is 0 Å². The zero-order valence-corrected chi connectivity index (χ0v) is 15.1. The number of nitrogens with one attached hydrogen (secondary N) is 4. The first-order valence-corrected chi connectivity index (χ1v) is 8.44. The maximum absolute atomic E-state index is 12.0. The van der Waals surface area contributed by atoms with Gasteiger partial charge in [-0.1, -0.05) is 30.3 Å². The van der Waals surface area contributed by atoms with Gasteiger partial charge < -0.3 is 21.3 Å². The Morgan fingerprint density at radius 3 is 2.46 bits per heavy atom. The molecule has 1 heterocycles. The van der Waals surface area contributed by atoms with Gasteiger partial charge in [0, 0.05) is 17.9 Å². The molecule has 0 bridgehead atoms. The molecular formula is C19H23ClN4O2. The number of para-hydroxylation sites is 1. The second-order valence-electron chi connectivity index (χ2n) is 6.01. The van der Waals surface area contributed by atoms with Gasteiger partial charge in [-0.15, -0.1) is 12.4 Å². The van der Waals surface area contributed by atoms with E-state index in [9.17, 15) is 9.59 Å². The Morgan fingerprint density at radius 2 is 1.73 bits per heavy atom. The lowest BCUT2D eigenvalue weighted by atomic mass is 10.2. The summed E-state index contributed by atoms with van der Waals surface area (Å²) in [6, 6.07) is 16.3. The molecule has 138 valence electrons. The van der Waals surface area contributed by atoms with Crippen LogP contribution in [0.3, 0.4) is 0 Å². The van der Waals surface area contributed by atoms with E-state index in [1.165, 1.54) is 0 Å². The van der Waals surface area contributed by atoms with Gasteiger partial charge in [0.05, 0.1) is 6.04 Å². The van der Waals surface area contributed by atoms with Crippen molar-refractivity contribution in [2.75, 3.05) is 17.2 Å². The van der Waals surface area contributed by atoms with Gasteiger partial charge in [0.25, 0.3) is 0 Å². The second-order valence-corrected chi connectivity index (χ2v) is 6.01. The molecule has 1 aliphatic rings. The van der Waals surface area contributed by atoms with Crippen LogP contribution < -0.4 is 21.3 Å². The highest BCUT2D eigenvalue weighted by Crippen LogP contribution is 2.12. The molecule has 3 amide bonds. The molecule has 2 aromatic carbocycles. The predicted octanol–water partition coefficient (Wildman–Crippen LogP) is 3.12. The smallest absolute Gasteiger partial charge is 0.323 e. The number of hydrogen-bond donors (Lipinski definition) is 4. The standard InChI is InChI=1S/C19H22N4O2.ClH/c24-18(17-10-5-11-20-17)21-13-14-6-4-9-16(12-14)23-19(25)22-15-7-2-1-3-8-15;/h1-4,6-9,12,17,20H,5,10-11,13H2,(H,21,24)(H2,22,23,25);1H. The minimum Gasteiger partial charge on any atom is -0.351 e. The number of amides is 3. The summed E-state index contributed by atoms with van der Waals surface area (Å²) in [7, 11) is 0. The third-order valence-electron chi connectivity index (χ3n) is 4.06. The Balaban J connectivity index is 0.00000243. The van der Waals surface area contributed by atoms with Crippen LogP contribution in [0.1, 0.15) is 18.4 Å². The van der Waals surface area contributed by atoms with Crippen LogP contribution in [0.15, 0.2) is 54.6 Å². The molecule has 1 saturated heterocycles. The summed E-state index contributed by atoms with van der Waals surface area (Å²) in [5.41, 5.74) is 2.34. The second kappa shape index (κ2) is 9.79. The summed E-state index contributed by atoms with van der Waals surface area (Å²) in [4.78, 5) is 24.1. The fourth-order valence-corrected chi connectivity index (χ4v) is 2.79. The lowest BCUT2D eigenvalue weighted by Crippen LogP contribution is -2.40. The van der Waals surface area contributed by atoms with Crippen molar-refractivity contribution in [1.82, 2.24) is 10.6 Å². The summed E-state index contributed by atoms with van der Waals surface area (Å²) >= 11 is 0. The average Bonchev–Trinajstić information content (AvgIpc) is 3.15. The molecule has 26 heavy (non-hydrogen) atoms. The van der Waals surface area contributed by atoms with Gasteiger partial charge in [-0.05, 0) is 49.2 Å². The Labute approximate surface area is 159 Å². The first-order valence-electron chi connectivity index (χ1n) is 8.44. The average molecular weight is 375 g/mol. The molecule has 0 saturated carbocycles. The fourth-order valence-electron chi connectivity index (χ4n) is 2.79. The van der Waals surface area contributed by atoms with Gasteiger partial charge >= 0.3 is 6.03 Å². The molecule has 1 aliphatic heterocycles. The molecule has 1 unspecified atom stereocenters. The maximum Gasteiger partial charge on any atom is 0.323 e. The maximum atomic E-state index is 12.0. The van der Waals surface area contributed by atoms with Gasteiger partial charge in [0.15, 0.2) is 0 Å². The van der Waals surface area contributed by atoms with Gasteiger partial charge in [-0.3, -0.25) is 4.79 Å². The highest BCUT2D eigenvalue weighted by molar-refractivity contribution is 5.99. The van der Waals surface area contributed by atoms with E-state index < -0.39 is 0 Å². The van der Waals surface area contributed by atoms with Crippen LogP contribution in [-0.4, -0.2) is 24.5 Å². The summed E-state index contributed by atoms with van der Waals surface area (Å²) in [6.07, 6.45) is 1.92. The number of anilines is 2. The topological polar surface area (TPSA) is 82.3 Å². The number of urea groups is 1. The Hall–Kier alpha value is -2.57. The number of halogens is 1. The molecule has 0 spiro atoms. The number of carbonyl (C=O) groups excluding carboxylic acids is 2. The molecule has 2 aromatic rings. The molecule has 6 nitrogen and oxygen atoms in total. The van der Waals surface area contributed by atoms with Crippen LogP contribution in [0, 0.1) is 0 Å². The Morgan fingerprint density at radius 1 is 1.00 bits per heavy atom. The molecule has 0 aliphatic carbocycles. The predicted molar refractivity (Wildman–Crippen MR) is 106 cm³/mol. The van der Waals surface area contributed by atoms with Crippen molar-refractivity contribution in [3.63, 3.8) is 0 Å². The number of hydrogen-bond acceptors (Lipinski definition) is 3. The van der Waals surface area contributed by atoms with E-state index in [0.717, 1.165) is 30.6 Å². The van der Waals surface area contributed by atoms with Crippen molar-refractivity contribution in [3.05, 3.63) is 60.2 Å². The van der Waals surface area contributed by atoms with E-state index in [2.05, 4.69) is 21.3 Å². The van der Waals surface area contributed by atoms with Crippen LogP contribution in [0.2, 0.25) is 0 Å². The number of benzene rings is 2. The Bertz CT molecular complexity index is 733. The van der Waals surface area contributed by atoms with Crippen molar-refractivity contribution < 1.29 is 9.59 Å². The molecule has 1 fully saturated rings. The third-order valence-corrected chi connectivity index (χ3v) is 4.06. The zero-order chi connectivity index (χ0) is 17.5. The first kappa shape index (κ1) is 19.8. The first-order chi connectivity index (χ1) is 12.2. The summed E-state index contributed by atoms with van der Waals surface area (Å²) in [5.74, 6) is 0.0256. The summed E-state index contributed by atoms with van der Waals surface area (Å²) in [5, 5.41) is 11.7. The minimum atomic E-state index is -0.303. The van der Waals surface area contributed by atoms with Gasteiger partial charge in [0.2, 0.25) is 5.91 Å². The summed E-state index contributed by atoms with van der Waals surface area (Å²) in [6.45, 7) is 1.33. The van der Waals surface area contributed by atoms with Crippen molar-refractivity contribution >= 4 is 35.7 Å². The highest BCUT2D eigenvalue weighted by Gasteiger charge is 2.21. The Kier molecular flexibility index (Phi) is 7.44. The number of rotatable bonds is 5. The molecule has 0 aromatic heterocycles. The van der Waals surface area contributed by atoms with Crippen LogP contribution in [0.4, 0.5) is 16.2 Å². The lowest BCUT2D eigenvalue weighted by Gasteiger charge is -2.12. The molecular weight excluding hydrogens is 352 g/mol. The lowest BCUT2D eigenvalue weighted by molar-refractivity contribution is -0.122. The molecule has 1 atom stereocenters. The van der Waals surface area contributed by atoms with Crippen molar-refractivity contribution in [1.29, 1.82) is 0 Å². The summed E-state index contributed by atoms with van der Waals surface area (Å²) < 4.78 is 0. The number of carbonyl (C=O) groups is 2. The molecule has 4 N–H and O–H groups in total. The van der Waals surface area contributed by atoms with E-state index in [4.69, 9.17) is 0 Å². The normalized spacial score (nSPS) is 15.6. The molecule has 0 radical (unpaired) electrons. The quantitative estimate of drug-likeness (QED) is 0.649. The fraction of sp³-hybridized carbons (Fsp3) is 0.263. The molecule has 7 heteroatoms. The van der Waals surface area contributed by atoms with E-state index in [1.807, 2.05) is 54.6 Å². The zero-order valence-electron chi connectivity index (χ0n) is 14.3. The molecule has 3 rings (SSSR count). The third kappa shape index (κ3) is 5.75. The monoisotopic (exact) mass is 374 g/mol. The van der Waals surface area contributed by atoms with E-state index >= 15 is 0 Å². The minimum absolute atomic E-state index is 0.